The Hall–Kier alpha value is -1.55. The van der Waals surface area contributed by atoms with Crippen molar-refractivity contribution in [1.82, 2.24) is 15.1 Å². The van der Waals surface area contributed by atoms with Crippen LogP contribution in [0.1, 0.15) is 25.0 Å². The van der Waals surface area contributed by atoms with E-state index < -0.39 is 0 Å². The summed E-state index contributed by atoms with van der Waals surface area (Å²) in [5.74, 6) is 5.98. The van der Waals surface area contributed by atoms with Gasteiger partial charge in [-0.1, -0.05) is 0 Å². The van der Waals surface area contributed by atoms with Crippen molar-refractivity contribution in [3.63, 3.8) is 0 Å². The Labute approximate surface area is 124 Å². The number of aromatic nitrogens is 2. The van der Waals surface area contributed by atoms with Crippen LogP contribution in [0.15, 0.2) is 28.8 Å². The molecule has 2 aliphatic carbocycles. The molecule has 110 valence electrons. The first kappa shape index (κ1) is 12.0. The molecule has 2 aromatic rings. The molecule has 2 aromatic heterocycles. The molecule has 2 saturated carbocycles. The standard InChI is InChI=1S/C17H21N3O/c1-2-12-7-11(1)14-9-20(10-15(12)14)8-13-3-4-17(21-13)16-5-6-18-19-16/h3-6,11-12,14-15H,1-2,7-10H2,(H,18,19)/t11-,12+,14-,15+. The van der Waals surface area contributed by atoms with Gasteiger partial charge in [0.15, 0.2) is 5.76 Å². The van der Waals surface area contributed by atoms with Crippen LogP contribution < -0.4 is 0 Å². The van der Waals surface area contributed by atoms with Crippen LogP contribution in [-0.4, -0.2) is 28.2 Å². The number of hydrogen-bond donors (Lipinski definition) is 1. The van der Waals surface area contributed by atoms with Crippen molar-refractivity contribution in [2.24, 2.45) is 23.7 Å². The average Bonchev–Trinajstić information content (AvgIpc) is 3.28. The molecule has 0 aromatic carbocycles. The van der Waals surface area contributed by atoms with Gasteiger partial charge in [-0.2, -0.15) is 5.10 Å². The summed E-state index contributed by atoms with van der Waals surface area (Å²) in [5.41, 5.74) is 0.956. The van der Waals surface area contributed by atoms with E-state index in [1.165, 1.54) is 32.4 Å². The second-order valence-corrected chi connectivity index (χ2v) is 7.09. The molecule has 0 amide bonds. The van der Waals surface area contributed by atoms with Crippen LogP contribution in [0, 0.1) is 23.7 Å². The van der Waals surface area contributed by atoms with Crippen molar-refractivity contribution in [1.29, 1.82) is 0 Å². The van der Waals surface area contributed by atoms with E-state index in [9.17, 15) is 0 Å². The highest BCUT2D eigenvalue weighted by molar-refractivity contribution is 5.51. The lowest BCUT2D eigenvalue weighted by molar-refractivity contribution is 0.265. The summed E-state index contributed by atoms with van der Waals surface area (Å²) >= 11 is 0. The molecule has 4 heteroatoms. The van der Waals surface area contributed by atoms with Crippen LogP contribution in [0.3, 0.4) is 0 Å². The summed E-state index contributed by atoms with van der Waals surface area (Å²) in [4.78, 5) is 2.61. The number of fused-ring (bicyclic) bond motifs is 5. The SMILES string of the molecule is c1cc(-c2ccc(CN3C[C@@H]4[C@@H]5CC[C@@H](C5)[C@@H]4C3)o2)[nH]n1. The van der Waals surface area contributed by atoms with E-state index in [1.54, 1.807) is 6.20 Å². The molecular formula is C17H21N3O. The smallest absolute Gasteiger partial charge is 0.152 e. The predicted octanol–water partition coefficient (Wildman–Crippen LogP) is 3.15. The first-order valence-electron chi connectivity index (χ1n) is 8.17. The van der Waals surface area contributed by atoms with Gasteiger partial charge in [-0.25, -0.2) is 0 Å². The summed E-state index contributed by atoms with van der Waals surface area (Å²) in [6.45, 7) is 3.53. The monoisotopic (exact) mass is 283 g/mol. The van der Waals surface area contributed by atoms with Gasteiger partial charge in [-0.15, -0.1) is 0 Å². The summed E-state index contributed by atoms with van der Waals surface area (Å²) in [6.07, 6.45) is 6.26. The average molecular weight is 283 g/mol. The van der Waals surface area contributed by atoms with Crippen LogP contribution in [0.2, 0.25) is 0 Å². The van der Waals surface area contributed by atoms with Crippen molar-refractivity contribution in [2.45, 2.75) is 25.8 Å². The highest BCUT2D eigenvalue weighted by Gasteiger charge is 2.51. The number of nitrogens with one attached hydrogen (secondary N) is 1. The van der Waals surface area contributed by atoms with Crippen LogP contribution in [-0.2, 0) is 6.54 Å². The molecule has 0 radical (unpaired) electrons. The van der Waals surface area contributed by atoms with Crippen molar-refractivity contribution < 1.29 is 4.42 Å². The zero-order valence-corrected chi connectivity index (χ0v) is 12.2. The Morgan fingerprint density at radius 3 is 2.67 bits per heavy atom. The van der Waals surface area contributed by atoms with E-state index >= 15 is 0 Å². The van der Waals surface area contributed by atoms with Crippen molar-refractivity contribution in [3.8, 4) is 11.5 Å². The molecule has 5 rings (SSSR count). The third-order valence-corrected chi connectivity index (χ3v) is 6.02. The Bertz CT molecular complexity index is 614. The highest BCUT2D eigenvalue weighted by Crippen LogP contribution is 2.55. The van der Waals surface area contributed by atoms with Crippen LogP contribution in [0.25, 0.3) is 11.5 Å². The zero-order valence-electron chi connectivity index (χ0n) is 12.2. The number of rotatable bonds is 3. The molecule has 1 saturated heterocycles. The molecule has 1 aliphatic heterocycles. The van der Waals surface area contributed by atoms with Crippen LogP contribution in [0.5, 0.6) is 0 Å². The van der Waals surface area contributed by atoms with Gasteiger partial charge in [0.1, 0.15) is 11.5 Å². The molecule has 0 unspecified atom stereocenters. The Balaban J connectivity index is 1.29. The van der Waals surface area contributed by atoms with Gasteiger partial charge in [0.2, 0.25) is 0 Å². The second kappa shape index (κ2) is 4.47. The second-order valence-electron chi connectivity index (χ2n) is 7.09. The largest absolute Gasteiger partial charge is 0.458 e. The van der Waals surface area contributed by atoms with E-state index in [0.717, 1.165) is 47.4 Å². The van der Waals surface area contributed by atoms with E-state index in [2.05, 4.69) is 21.2 Å². The third kappa shape index (κ3) is 1.89. The van der Waals surface area contributed by atoms with Crippen molar-refractivity contribution >= 4 is 0 Å². The van der Waals surface area contributed by atoms with Gasteiger partial charge in [-0.05, 0) is 61.1 Å². The van der Waals surface area contributed by atoms with Gasteiger partial charge < -0.3 is 4.42 Å². The van der Waals surface area contributed by atoms with Crippen LogP contribution in [0.4, 0.5) is 0 Å². The lowest BCUT2D eigenvalue weighted by Gasteiger charge is -2.22. The first-order valence-corrected chi connectivity index (χ1v) is 8.17. The molecular weight excluding hydrogens is 262 g/mol. The first-order chi connectivity index (χ1) is 10.4. The minimum absolute atomic E-state index is 0.891. The van der Waals surface area contributed by atoms with Gasteiger partial charge in [-0.3, -0.25) is 10.00 Å². The summed E-state index contributed by atoms with van der Waals surface area (Å²) < 4.78 is 5.97. The van der Waals surface area contributed by atoms with Gasteiger partial charge in [0.05, 0.1) is 6.54 Å². The van der Waals surface area contributed by atoms with Crippen LogP contribution >= 0.6 is 0 Å². The minimum Gasteiger partial charge on any atom is -0.458 e. The molecule has 1 N–H and O–H groups in total. The number of nitrogens with zero attached hydrogens (tertiary/aromatic N) is 2. The van der Waals surface area contributed by atoms with Gasteiger partial charge >= 0.3 is 0 Å². The molecule has 4 atom stereocenters. The number of hydrogen-bond acceptors (Lipinski definition) is 3. The van der Waals surface area contributed by atoms with Gasteiger partial charge in [0, 0.05) is 19.3 Å². The lowest BCUT2D eigenvalue weighted by Crippen LogP contribution is -2.22. The third-order valence-electron chi connectivity index (χ3n) is 6.02. The van der Waals surface area contributed by atoms with Crippen molar-refractivity contribution in [2.75, 3.05) is 13.1 Å². The fourth-order valence-corrected chi connectivity index (χ4v) is 5.12. The van der Waals surface area contributed by atoms with E-state index in [0.29, 0.717) is 0 Å². The molecule has 4 nitrogen and oxygen atoms in total. The highest BCUT2D eigenvalue weighted by atomic mass is 16.3. The Kier molecular flexibility index (Phi) is 2.56. The Morgan fingerprint density at radius 1 is 1.14 bits per heavy atom. The maximum Gasteiger partial charge on any atom is 0.152 e. The van der Waals surface area contributed by atoms with E-state index in [-0.39, 0.29) is 0 Å². The number of aromatic amines is 1. The number of likely N-dealkylation sites (tertiary alicyclic amines) is 1. The maximum absolute atomic E-state index is 5.97. The topological polar surface area (TPSA) is 45.1 Å². The van der Waals surface area contributed by atoms with E-state index in [1.807, 2.05) is 12.1 Å². The van der Waals surface area contributed by atoms with Gasteiger partial charge in [0.25, 0.3) is 0 Å². The molecule has 3 fully saturated rings. The maximum atomic E-state index is 5.97. The number of H-pyrrole nitrogens is 1. The molecule has 21 heavy (non-hydrogen) atoms. The lowest BCUT2D eigenvalue weighted by atomic mass is 9.82. The molecule has 3 heterocycles. The summed E-state index contributed by atoms with van der Waals surface area (Å²) in [7, 11) is 0. The van der Waals surface area contributed by atoms with E-state index in [4.69, 9.17) is 4.42 Å². The summed E-state index contributed by atoms with van der Waals surface area (Å²) in [5, 5.41) is 6.93. The summed E-state index contributed by atoms with van der Waals surface area (Å²) in [6, 6.07) is 6.10. The normalized spacial score (nSPS) is 34.7. The number of furan rings is 1. The Morgan fingerprint density at radius 2 is 1.95 bits per heavy atom. The van der Waals surface area contributed by atoms with Crippen molar-refractivity contribution in [3.05, 3.63) is 30.2 Å². The molecule has 3 aliphatic rings. The minimum atomic E-state index is 0.891. The fourth-order valence-electron chi connectivity index (χ4n) is 5.12. The zero-order chi connectivity index (χ0) is 13.8. The fraction of sp³-hybridized carbons (Fsp3) is 0.588. The molecule has 0 spiro atoms. The molecule has 2 bridgehead atoms. The quantitative estimate of drug-likeness (QED) is 0.941. The predicted molar refractivity (Wildman–Crippen MR) is 79.4 cm³/mol.